The molecule has 1 aliphatic heterocycles. The molecule has 30 heavy (non-hydrogen) atoms. The zero-order chi connectivity index (χ0) is 22.0. The molecule has 0 spiro atoms. The number of nitrogens with one attached hydrogen (secondary N) is 1. The van der Waals surface area contributed by atoms with Gasteiger partial charge in [-0.3, -0.25) is 9.59 Å². The lowest BCUT2D eigenvalue weighted by molar-refractivity contribution is -0.140. The van der Waals surface area contributed by atoms with Crippen molar-refractivity contribution in [3.8, 4) is 0 Å². The number of halogens is 2. The minimum absolute atomic E-state index is 0.0661. The van der Waals surface area contributed by atoms with Gasteiger partial charge in [-0.1, -0.05) is 35.3 Å². The van der Waals surface area contributed by atoms with Gasteiger partial charge in [-0.05, 0) is 48.0 Å². The first-order valence-electron chi connectivity index (χ1n) is 9.24. The summed E-state index contributed by atoms with van der Waals surface area (Å²) < 4.78 is 0. The van der Waals surface area contributed by atoms with Crippen molar-refractivity contribution in [2.45, 2.75) is 24.9 Å². The van der Waals surface area contributed by atoms with E-state index in [4.69, 9.17) is 28.9 Å². The molecule has 0 saturated carbocycles. The largest absolute Gasteiger partial charge is 0.480 e. The minimum Gasteiger partial charge on any atom is -0.480 e. The van der Waals surface area contributed by atoms with Gasteiger partial charge in [0.05, 0.1) is 6.42 Å². The highest BCUT2D eigenvalue weighted by Crippen LogP contribution is 2.38. The first-order valence-corrected chi connectivity index (χ1v) is 9.99. The zero-order valence-electron chi connectivity index (χ0n) is 16.2. The number of carboxylic acids is 1. The Morgan fingerprint density at radius 3 is 2.67 bits per heavy atom. The van der Waals surface area contributed by atoms with Gasteiger partial charge in [-0.2, -0.15) is 0 Å². The Bertz CT molecular complexity index is 1010. The highest BCUT2D eigenvalue weighted by Gasteiger charge is 2.28. The van der Waals surface area contributed by atoms with E-state index in [9.17, 15) is 19.5 Å². The molecule has 2 amide bonds. The summed E-state index contributed by atoms with van der Waals surface area (Å²) in [6.07, 6.45) is -0.488. The molecule has 0 aromatic heterocycles. The fourth-order valence-corrected chi connectivity index (χ4v) is 4.24. The van der Waals surface area contributed by atoms with Crippen LogP contribution in [-0.4, -0.2) is 47.4 Å². The van der Waals surface area contributed by atoms with Crippen molar-refractivity contribution in [3.05, 3.63) is 68.7 Å². The van der Waals surface area contributed by atoms with E-state index in [2.05, 4.69) is 10.2 Å². The summed E-state index contributed by atoms with van der Waals surface area (Å²) in [6.45, 7) is 1.39. The number of hydrogen-bond donors (Lipinski definition) is 3. The predicted octanol–water partition coefficient (Wildman–Crippen LogP) is 2.63. The SMILES string of the molecule is CN1Cc2c(Cl)cc(Cl)cc2C(c2cccc(C(=O)N[C@@H](CC(N)=O)C(=O)O)c2)C1. The van der Waals surface area contributed by atoms with Crippen LogP contribution in [0.25, 0.3) is 0 Å². The summed E-state index contributed by atoms with van der Waals surface area (Å²) in [6, 6.07) is 9.14. The highest BCUT2D eigenvalue weighted by atomic mass is 35.5. The monoisotopic (exact) mass is 449 g/mol. The number of benzene rings is 2. The van der Waals surface area contributed by atoms with E-state index in [1.54, 1.807) is 24.3 Å². The van der Waals surface area contributed by atoms with Gasteiger partial charge in [0.15, 0.2) is 0 Å². The number of primary amides is 1. The highest BCUT2D eigenvalue weighted by molar-refractivity contribution is 6.35. The molecule has 0 radical (unpaired) electrons. The topological polar surface area (TPSA) is 113 Å². The third kappa shape index (κ3) is 4.92. The number of nitrogens with two attached hydrogens (primary N) is 1. The number of likely N-dealkylation sites (N-methyl/N-ethyl adjacent to an activating group) is 1. The Morgan fingerprint density at radius 2 is 2.00 bits per heavy atom. The van der Waals surface area contributed by atoms with E-state index in [1.165, 1.54) is 0 Å². The standard InChI is InChI=1S/C21H21Cl2N3O4/c1-26-9-15(14-6-13(22)7-17(23)16(14)10-26)11-3-2-4-12(5-11)20(28)25-18(21(29)30)8-19(24)27/h2-7,15,18H,8-10H2,1H3,(H2,24,27)(H,25,28)(H,29,30)/t15?,18-/m0/s1. The Morgan fingerprint density at radius 1 is 1.27 bits per heavy atom. The number of hydrogen-bond acceptors (Lipinski definition) is 4. The summed E-state index contributed by atoms with van der Waals surface area (Å²) >= 11 is 12.6. The maximum atomic E-state index is 12.6. The smallest absolute Gasteiger partial charge is 0.326 e. The molecule has 0 saturated heterocycles. The van der Waals surface area contributed by atoms with E-state index >= 15 is 0 Å². The summed E-state index contributed by atoms with van der Waals surface area (Å²) in [4.78, 5) is 37.1. The number of carboxylic acid groups (broad SMARTS) is 1. The van der Waals surface area contributed by atoms with Crippen molar-refractivity contribution in [1.82, 2.24) is 10.2 Å². The van der Waals surface area contributed by atoms with Crippen LogP contribution in [0, 0.1) is 0 Å². The van der Waals surface area contributed by atoms with E-state index < -0.39 is 30.2 Å². The fraction of sp³-hybridized carbons (Fsp3) is 0.286. The molecule has 158 valence electrons. The number of fused-ring (bicyclic) bond motifs is 1. The van der Waals surface area contributed by atoms with Crippen molar-refractivity contribution in [3.63, 3.8) is 0 Å². The molecule has 9 heteroatoms. The van der Waals surface area contributed by atoms with Crippen LogP contribution in [0.3, 0.4) is 0 Å². The maximum absolute atomic E-state index is 12.6. The summed E-state index contributed by atoms with van der Waals surface area (Å²) in [5.41, 5.74) is 8.21. The zero-order valence-corrected chi connectivity index (χ0v) is 17.7. The molecule has 1 heterocycles. The second-order valence-electron chi connectivity index (χ2n) is 7.36. The normalized spacial score (nSPS) is 17.1. The molecule has 0 bridgehead atoms. The molecule has 0 aliphatic carbocycles. The Balaban J connectivity index is 1.92. The van der Waals surface area contributed by atoms with Crippen LogP contribution < -0.4 is 11.1 Å². The lowest BCUT2D eigenvalue weighted by atomic mass is 9.84. The van der Waals surface area contributed by atoms with Crippen LogP contribution in [0.4, 0.5) is 0 Å². The average Bonchev–Trinajstić information content (AvgIpc) is 2.67. The average molecular weight is 450 g/mol. The first-order chi connectivity index (χ1) is 14.2. The van der Waals surface area contributed by atoms with Gasteiger partial charge in [-0.25, -0.2) is 4.79 Å². The van der Waals surface area contributed by atoms with Crippen molar-refractivity contribution < 1.29 is 19.5 Å². The van der Waals surface area contributed by atoms with Crippen LogP contribution in [0.2, 0.25) is 10.0 Å². The van der Waals surface area contributed by atoms with Gasteiger partial charge in [-0.15, -0.1) is 0 Å². The number of nitrogens with zero attached hydrogens (tertiary/aromatic N) is 1. The van der Waals surface area contributed by atoms with Crippen molar-refractivity contribution in [2.75, 3.05) is 13.6 Å². The fourth-order valence-electron chi connectivity index (χ4n) is 3.67. The van der Waals surface area contributed by atoms with Gasteiger partial charge in [0.25, 0.3) is 5.91 Å². The van der Waals surface area contributed by atoms with E-state index in [1.807, 2.05) is 19.2 Å². The van der Waals surface area contributed by atoms with Gasteiger partial charge < -0.3 is 21.1 Å². The lowest BCUT2D eigenvalue weighted by Crippen LogP contribution is -2.43. The van der Waals surface area contributed by atoms with E-state index in [-0.39, 0.29) is 11.5 Å². The van der Waals surface area contributed by atoms with Gasteiger partial charge in [0, 0.05) is 34.6 Å². The molecule has 2 atom stereocenters. The molecule has 2 aromatic rings. The second kappa shape index (κ2) is 9.04. The first kappa shape index (κ1) is 22.1. The minimum atomic E-state index is -1.39. The van der Waals surface area contributed by atoms with Crippen LogP contribution in [0.1, 0.15) is 39.4 Å². The molecular weight excluding hydrogens is 429 g/mol. The van der Waals surface area contributed by atoms with E-state index in [0.717, 1.165) is 16.7 Å². The van der Waals surface area contributed by atoms with Crippen molar-refractivity contribution in [2.24, 2.45) is 5.73 Å². The molecule has 2 aromatic carbocycles. The Hall–Kier alpha value is -2.61. The van der Waals surface area contributed by atoms with E-state index in [0.29, 0.717) is 23.1 Å². The van der Waals surface area contributed by atoms with Crippen LogP contribution >= 0.6 is 23.2 Å². The van der Waals surface area contributed by atoms with Crippen LogP contribution in [-0.2, 0) is 16.1 Å². The number of carbonyl (C=O) groups is 3. The molecule has 0 fully saturated rings. The molecule has 7 nitrogen and oxygen atoms in total. The number of carbonyl (C=O) groups excluding carboxylic acids is 2. The van der Waals surface area contributed by atoms with Crippen molar-refractivity contribution >= 4 is 41.0 Å². The van der Waals surface area contributed by atoms with Crippen molar-refractivity contribution in [1.29, 1.82) is 0 Å². The lowest BCUT2D eigenvalue weighted by Gasteiger charge is -2.33. The van der Waals surface area contributed by atoms with Crippen LogP contribution in [0.15, 0.2) is 36.4 Å². The van der Waals surface area contributed by atoms with Gasteiger partial charge in [0.1, 0.15) is 6.04 Å². The molecule has 1 unspecified atom stereocenters. The number of amides is 2. The molecule has 3 rings (SSSR count). The van der Waals surface area contributed by atoms with Gasteiger partial charge >= 0.3 is 5.97 Å². The van der Waals surface area contributed by atoms with Gasteiger partial charge in [0.2, 0.25) is 5.91 Å². The summed E-state index contributed by atoms with van der Waals surface area (Å²) in [5.74, 6) is -2.81. The third-order valence-electron chi connectivity index (χ3n) is 5.05. The Kier molecular flexibility index (Phi) is 6.65. The predicted molar refractivity (Wildman–Crippen MR) is 114 cm³/mol. The number of aliphatic carboxylic acids is 1. The number of rotatable bonds is 6. The summed E-state index contributed by atoms with van der Waals surface area (Å²) in [7, 11) is 1.98. The third-order valence-corrected chi connectivity index (χ3v) is 5.61. The quantitative estimate of drug-likeness (QED) is 0.627. The second-order valence-corrected chi connectivity index (χ2v) is 8.21. The Labute approximate surface area is 183 Å². The summed E-state index contributed by atoms with van der Waals surface area (Å²) in [5, 5.41) is 12.7. The van der Waals surface area contributed by atoms with Crippen LogP contribution in [0.5, 0.6) is 0 Å². The maximum Gasteiger partial charge on any atom is 0.326 e. The molecule has 1 aliphatic rings. The molecular formula is C21H21Cl2N3O4. The molecule has 4 N–H and O–H groups in total.